The second-order valence-corrected chi connectivity index (χ2v) is 7.09. The summed E-state index contributed by atoms with van der Waals surface area (Å²) >= 11 is -0.466. The molecule has 0 aliphatic carbocycles. The molecule has 0 atom stereocenters. The molecule has 13 heavy (non-hydrogen) atoms. The van der Waals surface area contributed by atoms with Crippen LogP contribution in [-0.2, 0) is 9.59 Å². The minimum absolute atomic E-state index is 0.0817. The fourth-order valence-corrected chi connectivity index (χ4v) is 3.62. The molecular weight excluding hydrogens is 280 g/mol. The fourth-order valence-electron chi connectivity index (χ4n) is 0.885. The summed E-state index contributed by atoms with van der Waals surface area (Å²) in [7, 11) is 0. The zero-order valence-corrected chi connectivity index (χ0v) is 10.7. The first-order valence-electron chi connectivity index (χ1n) is 3.97. The first-order valence-corrected chi connectivity index (χ1v) is 6.30. The summed E-state index contributed by atoms with van der Waals surface area (Å²) in [6.07, 6.45) is 3.30. The predicted octanol–water partition coefficient (Wildman–Crippen LogP) is 1.68. The summed E-state index contributed by atoms with van der Waals surface area (Å²) in [6, 6.07) is 0. The average molecular weight is 294 g/mol. The SMILES string of the molecule is CC(=O)/C=C(/C)[Te]/C(C)=C/C(C)=O. The third-order valence-corrected chi connectivity index (χ3v) is 3.65. The molecule has 0 amide bonds. The first kappa shape index (κ1) is 12.6. The minimum atomic E-state index is -0.466. The summed E-state index contributed by atoms with van der Waals surface area (Å²) < 4.78 is 2.24. The Kier molecular flexibility index (Phi) is 5.94. The van der Waals surface area contributed by atoms with Gasteiger partial charge in [-0.25, -0.2) is 0 Å². The Morgan fingerprint density at radius 3 is 1.38 bits per heavy atom. The van der Waals surface area contributed by atoms with Crippen molar-refractivity contribution in [1.82, 2.24) is 0 Å². The number of hydrogen-bond acceptors (Lipinski definition) is 2. The van der Waals surface area contributed by atoms with Crippen molar-refractivity contribution in [1.29, 1.82) is 0 Å². The second-order valence-electron chi connectivity index (χ2n) is 2.83. The van der Waals surface area contributed by atoms with E-state index in [0.29, 0.717) is 0 Å². The van der Waals surface area contributed by atoms with Crippen molar-refractivity contribution in [2.45, 2.75) is 27.7 Å². The van der Waals surface area contributed by atoms with Gasteiger partial charge in [0.05, 0.1) is 0 Å². The summed E-state index contributed by atoms with van der Waals surface area (Å²) in [5.41, 5.74) is 0. The Morgan fingerprint density at radius 1 is 0.846 bits per heavy atom. The number of carbonyl (C=O) groups excluding carboxylic acids is 2. The molecule has 2 nitrogen and oxygen atoms in total. The van der Waals surface area contributed by atoms with Gasteiger partial charge in [0.1, 0.15) is 0 Å². The number of carbonyl (C=O) groups is 2. The van der Waals surface area contributed by atoms with E-state index in [1.807, 2.05) is 13.8 Å². The Morgan fingerprint density at radius 2 is 1.15 bits per heavy atom. The van der Waals surface area contributed by atoms with Crippen molar-refractivity contribution in [3.63, 3.8) is 0 Å². The van der Waals surface area contributed by atoms with E-state index >= 15 is 0 Å². The molecule has 0 aromatic heterocycles. The first-order chi connectivity index (χ1) is 5.91. The van der Waals surface area contributed by atoms with E-state index in [2.05, 4.69) is 0 Å². The average Bonchev–Trinajstić information content (AvgIpc) is 1.80. The molecule has 0 rings (SSSR count). The second kappa shape index (κ2) is 6.12. The molecule has 3 heteroatoms. The number of allylic oxidation sites excluding steroid dienone is 4. The maximum atomic E-state index is 10.7. The van der Waals surface area contributed by atoms with Crippen LogP contribution in [-0.4, -0.2) is 32.5 Å². The number of hydrogen-bond donors (Lipinski definition) is 0. The van der Waals surface area contributed by atoms with Crippen molar-refractivity contribution in [3.05, 3.63) is 19.4 Å². The van der Waals surface area contributed by atoms with E-state index in [1.54, 1.807) is 26.0 Å². The number of rotatable bonds is 4. The third kappa shape index (κ3) is 7.95. The molecule has 0 saturated carbocycles. The van der Waals surface area contributed by atoms with Gasteiger partial charge in [0.25, 0.3) is 0 Å². The van der Waals surface area contributed by atoms with Gasteiger partial charge in [-0.1, -0.05) is 0 Å². The Hall–Kier alpha value is -0.390. The fraction of sp³-hybridized carbons (Fsp3) is 0.400. The predicted molar refractivity (Wildman–Crippen MR) is 54.6 cm³/mol. The van der Waals surface area contributed by atoms with Crippen molar-refractivity contribution >= 4 is 32.5 Å². The van der Waals surface area contributed by atoms with Crippen LogP contribution in [0.1, 0.15) is 27.7 Å². The molecule has 0 heterocycles. The van der Waals surface area contributed by atoms with E-state index in [-0.39, 0.29) is 11.6 Å². The van der Waals surface area contributed by atoms with Crippen LogP contribution >= 0.6 is 0 Å². The van der Waals surface area contributed by atoms with Crippen molar-refractivity contribution in [2.75, 3.05) is 0 Å². The van der Waals surface area contributed by atoms with Crippen LogP contribution in [0.25, 0.3) is 0 Å². The molecule has 0 bridgehead atoms. The molecule has 0 aromatic rings. The molecule has 0 aromatic carbocycles. The summed E-state index contributed by atoms with van der Waals surface area (Å²) in [6.45, 7) is 6.98. The van der Waals surface area contributed by atoms with E-state index < -0.39 is 20.9 Å². The van der Waals surface area contributed by atoms with Crippen LogP contribution in [0.4, 0.5) is 0 Å². The molecule has 0 aliphatic rings. The van der Waals surface area contributed by atoms with Crippen molar-refractivity contribution < 1.29 is 9.59 Å². The van der Waals surface area contributed by atoms with Gasteiger partial charge in [0, 0.05) is 0 Å². The van der Waals surface area contributed by atoms with Gasteiger partial charge in [-0.05, 0) is 0 Å². The monoisotopic (exact) mass is 296 g/mol. The quantitative estimate of drug-likeness (QED) is 0.584. The van der Waals surface area contributed by atoms with E-state index in [9.17, 15) is 9.59 Å². The molecule has 0 fully saturated rings. The summed E-state index contributed by atoms with van der Waals surface area (Å²) in [5.74, 6) is 0.163. The van der Waals surface area contributed by atoms with Gasteiger partial charge in [0.2, 0.25) is 0 Å². The molecular formula is C10H14O2Te. The van der Waals surface area contributed by atoms with Crippen LogP contribution in [0.15, 0.2) is 19.4 Å². The van der Waals surface area contributed by atoms with E-state index in [0.717, 1.165) is 7.24 Å². The zero-order chi connectivity index (χ0) is 10.4. The van der Waals surface area contributed by atoms with E-state index in [1.165, 1.54) is 0 Å². The zero-order valence-electron chi connectivity index (χ0n) is 8.38. The normalized spacial score (nSPS) is 12.9. The van der Waals surface area contributed by atoms with Crippen LogP contribution in [0.2, 0.25) is 0 Å². The van der Waals surface area contributed by atoms with Gasteiger partial charge >= 0.3 is 89.2 Å². The third-order valence-electron chi connectivity index (χ3n) is 1.14. The molecule has 0 aliphatic heterocycles. The van der Waals surface area contributed by atoms with Crippen molar-refractivity contribution in [2.24, 2.45) is 0 Å². The molecule has 0 N–H and O–H groups in total. The molecule has 72 valence electrons. The van der Waals surface area contributed by atoms with Crippen molar-refractivity contribution in [3.8, 4) is 0 Å². The molecule has 0 radical (unpaired) electrons. The molecule has 0 unspecified atom stereocenters. The van der Waals surface area contributed by atoms with E-state index in [4.69, 9.17) is 0 Å². The van der Waals surface area contributed by atoms with Crippen LogP contribution in [0.3, 0.4) is 0 Å². The Bertz CT molecular complexity index is 247. The van der Waals surface area contributed by atoms with Crippen LogP contribution < -0.4 is 0 Å². The standard InChI is InChI=1S/C10H14O2Te/c1-7(11)5-9(3)13-10(4)6-8(2)12/h5-6H,1-4H3/b9-5-,10-6+. The molecule has 0 spiro atoms. The topological polar surface area (TPSA) is 34.1 Å². The Balaban J connectivity index is 4.29. The van der Waals surface area contributed by atoms with Gasteiger partial charge in [-0.3, -0.25) is 0 Å². The van der Waals surface area contributed by atoms with Crippen LogP contribution in [0.5, 0.6) is 0 Å². The van der Waals surface area contributed by atoms with Gasteiger partial charge in [0.15, 0.2) is 0 Å². The number of ketones is 2. The Labute approximate surface area is 89.2 Å². The molecule has 0 saturated heterocycles. The van der Waals surface area contributed by atoms with Gasteiger partial charge < -0.3 is 0 Å². The summed E-state index contributed by atoms with van der Waals surface area (Å²) in [5, 5.41) is 0. The van der Waals surface area contributed by atoms with Gasteiger partial charge in [-0.15, -0.1) is 0 Å². The van der Waals surface area contributed by atoms with Gasteiger partial charge in [-0.2, -0.15) is 0 Å². The van der Waals surface area contributed by atoms with Crippen LogP contribution in [0, 0.1) is 0 Å². The maximum absolute atomic E-state index is 10.7. The summed E-state index contributed by atoms with van der Waals surface area (Å²) in [4.78, 5) is 21.4.